The maximum absolute atomic E-state index is 2.43. The number of hydrogen-bond donors (Lipinski definition) is 0. The molecule has 80 valence electrons. The van der Waals surface area contributed by atoms with Crippen molar-refractivity contribution in [3.8, 4) is 0 Å². The van der Waals surface area contributed by atoms with E-state index in [9.17, 15) is 0 Å². The molecule has 0 saturated carbocycles. The van der Waals surface area contributed by atoms with Crippen LogP contribution in [0.2, 0.25) is 0 Å². The van der Waals surface area contributed by atoms with Gasteiger partial charge in [0, 0.05) is 0 Å². The van der Waals surface area contributed by atoms with Crippen LogP contribution >= 0.6 is 0 Å². The van der Waals surface area contributed by atoms with E-state index in [-0.39, 0.29) is 0 Å². The molecule has 0 aliphatic carbocycles. The Kier molecular flexibility index (Phi) is 6.45. The quantitative estimate of drug-likeness (QED) is 0.559. The van der Waals surface area contributed by atoms with Gasteiger partial charge in [0.05, 0.1) is 0 Å². The molecule has 0 N–H and O–H groups in total. The third-order valence-electron chi connectivity index (χ3n) is 3.53. The van der Waals surface area contributed by atoms with Gasteiger partial charge in [-0.1, -0.05) is 54.4 Å². The molecule has 0 aromatic carbocycles. The summed E-state index contributed by atoms with van der Waals surface area (Å²) in [6, 6.07) is 0. The van der Waals surface area contributed by atoms with Gasteiger partial charge in [0.15, 0.2) is 0 Å². The normalized spacial score (nSPS) is 18.7. The first-order valence-corrected chi connectivity index (χ1v) is 6.02. The second kappa shape index (κ2) is 6.45. The van der Waals surface area contributed by atoms with E-state index in [2.05, 4.69) is 41.5 Å². The molecule has 0 amide bonds. The van der Waals surface area contributed by atoms with Crippen LogP contribution in [-0.2, 0) is 0 Å². The summed E-state index contributed by atoms with van der Waals surface area (Å²) in [6.45, 7) is 14.2. The minimum absolute atomic E-state index is 0.851. The Labute approximate surface area is 85.1 Å². The maximum Gasteiger partial charge on any atom is -0.0368 e. The fourth-order valence-corrected chi connectivity index (χ4v) is 2.51. The first-order valence-electron chi connectivity index (χ1n) is 6.02. The van der Waals surface area contributed by atoms with Crippen LogP contribution in [0.4, 0.5) is 0 Å². The molecular formula is C13H28. The van der Waals surface area contributed by atoms with Crippen LogP contribution in [0.5, 0.6) is 0 Å². The maximum atomic E-state index is 2.43. The van der Waals surface area contributed by atoms with Crippen LogP contribution in [0.3, 0.4) is 0 Å². The first-order chi connectivity index (χ1) is 6.02. The monoisotopic (exact) mass is 184 g/mol. The van der Waals surface area contributed by atoms with Gasteiger partial charge < -0.3 is 0 Å². The molecule has 0 heteroatoms. The van der Waals surface area contributed by atoms with Crippen molar-refractivity contribution in [3.05, 3.63) is 0 Å². The molecule has 0 heterocycles. The summed E-state index contributed by atoms with van der Waals surface area (Å²) in [5.74, 6) is 3.58. The molecule has 0 radical (unpaired) electrons. The minimum Gasteiger partial charge on any atom is -0.0651 e. The Balaban J connectivity index is 3.97. The molecule has 0 bridgehead atoms. The van der Waals surface area contributed by atoms with Gasteiger partial charge in [-0.2, -0.15) is 0 Å². The van der Waals surface area contributed by atoms with Crippen molar-refractivity contribution < 1.29 is 0 Å². The topological polar surface area (TPSA) is 0 Å². The molecular weight excluding hydrogens is 156 g/mol. The molecule has 0 aromatic rings. The van der Waals surface area contributed by atoms with E-state index in [0.717, 1.165) is 23.7 Å². The minimum atomic E-state index is 0.851. The molecule has 0 aliphatic heterocycles. The summed E-state index contributed by atoms with van der Waals surface area (Å²) in [5.41, 5.74) is 0. The summed E-state index contributed by atoms with van der Waals surface area (Å²) < 4.78 is 0. The second-order valence-corrected chi connectivity index (χ2v) is 5.04. The van der Waals surface area contributed by atoms with E-state index in [1.54, 1.807) is 0 Å². The molecule has 3 unspecified atom stereocenters. The molecule has 3 atom stereocenters. The Morgan fingerprint density at radius 3 is 1.69 bits per heavy atom. The molecule has 0 spiro atoms. The average molecular weight is 184 g/mol. The Morgan fingerprint density at radius 1 is 0.846 bits per heavy atom. The fraction of sp³-hybridized carbons (Fsp3) is 1.00. The van der Waals surface area contributed by atoms with Gasteiger partial charge in [0.1, 0.15) is 0 Å². The summed E-state index contributed by atoms with van der Waals surface area (Å²) in [7, 11) is 0. The van der Waals surface area contributed by atoms with E-state index >= 15 is 0 Å². The van der Waals surface area contributed by atoms with Crippen LogP contribution in [0.15, 0.2) is 0 Å². The second-order valence-electron chi connectivity index (χ2n) is 5.04. The largest absolute Gasteiger partial charge is 0.0651 e. The molecule has 13 heavy (non-hydrogen) atoms. The van der Waals surface area contributed by atoms with Crippen LogP contribution in [0.1, 0.15) is 60.8 Å². The standard InChI is InChI=1S/C13H28/c1-7-11(5)9-12(6)13(8-2)10(3)4/h10-13H,7-9H2,1-6H3. The lowest BCUT2D eigenvalue weighted by molar-refractivity contribution is 0.224. The summed E-state index contributed by atoms with van der Waals surface area (Å²) in [5, 5.41) is 0. The van der Waals surface area contributed by atoms with Crippen LogP contribution in [0.25, 0.3) is 0 Å². The highest BCUT2D eigenvalue weighted by atomic mass is 14.3. The van der Waals surface area contributed by atoms with Crippen molar-refractivity contribution in [2.45, 2.75) is 60.8 Å². The van der Waals surface area contributed by atoms with Gasteiger partial charge >= 0.3 is 0 Å². The lowest BCUT2D eigenvalue weighted by atomic mass is 9.78. The van der Waals surface area contributed by atoms with Gasteiger partial charge in [0.2, 0.25) is 0 Å². The lowest BCUT2D eigenvalue weighted by Gasteiger charge is -2.28. The van der Waals surface area contributed by atoms with Crippen molar-refractivity contribution in [2.75, 3.05) is 0 Å². The predicted molar refractivity (Wildman–Crippen MR) is 61.9 cm³/mol. The highest BCUT2D eigenvalue weighted by molar-refractivity contribution is 4.70. The number of rotatable bonds is 6. The van der Waals surface area contributed by atoms with Crippen molar-refractivity contribution in [1.82, 2.24) is 0 Å². The lowest BCUT2D eigenvalue weighted by Crippen LogP contribution is -2.19. The fourth-order valence-electron chi connectivity index (χ4n) is 2.51. The smallest absolute Gasteiger partial charge is 0.0368 e. The molecule has 0 fully saturated rings. The summed E-state index contributed by atoms with van der Waals surface area (Å²) in [4.78, 5) is 0. The zero-order chi connectivity index (χ0) is 10.4. The van der Waals surface area contributed by atoms with Crippen molar-refractivity contribution in [3.63, 3.8) is 0 Å². The third-order valence-corrected chi connectivity index (χ3v) is 3.53. The third kappa shape index (κ3) is 4.69. The van der Waals surface area contributed by atoms with E-state index in [4.69, 9.17) is 0 Å². The molecule has 0 rings (SSSR count). The van der Waals surface area contributed by atoms with E-state index < -0.39 is 0 Å². The van der Waals surface area contributed by atoms with E-state index in [1.165, 1.54) is 19.3 Å². The summed E-state index contributed by atoms with van der Waals surface area (Å²) >= 11 is 0. The van der Waals surface area contributed by atoms with E-state index in [1.807, 2.05) is 0 Å². The zero-order valence-electron chi connectivity index (χ0n) is 10.4. The first kappa shape index (κ1) is 13.0. The average Bonchev–Trinajstić information content (AvgIpc) is 2.04. The SMILES string of the molecule is CCC(C)CC(C)C(CC)C(C)C. The van der Waals surface area contributed by atoms with Crippen LogP contribution in [0, 0.1) is 23.7 Å². The highest BCUT2D eigenvalue weighted by Crippen LogP contribution is 2.29. The van der Waals surface area contributed by atoms with Gasteiger partial charge in [-0.25, -0.2) is 0 Å². The Morgan fingerprint density at radius 2 is 1.38 bits per heavy atom. The van der Waals surface area contributed by atoms with Crippen molar-refractivity contribution in [1.29, 1.82) is 0 Å². The Hall–Kier alpha value is 0. The molecule has 0 saturated heterocycles. The highest BCUT2D eigenvalue weighted by Gasteiger charge is 2.19. The number of hydrogen-bond acceptors (Lipinski definition) is 0. The van der Waals surface area contributed by atoms with Gasteiger partial charge in [-0.15, -0.1) is 0 Å². The van der Waals surface area contributed by atoms with Crippen molar-refractivity contribution >= 4 is 0 Å². The van der Waals surface area contributed by atoms with Crippen LogP contribution < -0.4 is 0 Å². The van der Waals surface area contributed by atoms with Gasteiger partial charge in [0.25, 0.3) is 0 Å². The van der Waals surface area contributed by atoms with Crippen molar-refractivity contribution in [2.24, 2.45) is 23.7 Å². The van der Waals surface area contributed by atoms with Gasteiger partial charge in [-0.05, 0) is 30.1 Å². The summed E-state index contributed by atoms with van der Waals surface area (Å²) in [6.07, 6.45) is 4.08. The molecule has 0 nitrogen and oxygen atoms in total. The molecule has 0 aliphatic rings. The Bertz CT molecular complexity index is 115. The van der Waals surface area contributed by atoms with Crippen LogP contribution in [-0.4, -0.2) is 0 Å². The van der Waals surface area contributed by atoms with Gasteiger partial charge in [-0.3, -0.25) is 0 Å². The predicted octanol–water partition coefficient (Wildman–Crippen LogP) is 4.74. The molecule has 0 aromatic heterocycles. The van der Waals surface area contributed by atoms with E-state index in [0.29, 0.717) is 0 Å². The zero-order valence-corrected chi connectivity index (χ0v) is 10.4.